The van der Waals surface area contributed by atoms with E-state index in [4.69, 9.17) is 9.47 Å². The summed E-state index contributed by atoms with van der Waals surface area (Å²) in [4.78, 5) is 26.3. The van der Waals surface area contributed by atoms with Crippen LogP contribution in [0.25, 0.3) is 6.08 Å². The first-order valence-electron chi connectivity index (χ1n) is 9.69. The van der Waals surface area contributed by atoms with E-state index in [-0.39, 0.29) is 5.57 Å². The Bertz CT molecular complexity index is 1060. The van der Waals surface area contributed by atoms with Crippen LogP contribution in [0, 0.1) is 6.92 Å². The maximum Gasteiger partial charge on any atom is 0.261 e. The van der Waals surface area contributed by atoms with Crippen LogP contribution in [-0.4, -0.2) is 26.0 Å². The molecule has 31 heavy (non-hydrogen) atoms. The molecular formula is C25H24N2O4. The molecule has 0 spiro atoms. The van der Waals surface area contributed by atoms with Crippen LogP contribution in [0.2, 0.25) is 0 Å². The molecule has 3 aromatic rings. The number of amides is 2. The van der Waals surface area contributed by atoms with Crippen molar-refractivity contribution in [3.63, 3.8) is 0 Å². The van der Waals surface area contributed by atoms with E-state index in [9.17, 15) is 9.59 Å². The fourth-order valence-electron chi connectivity index (χ4n) is 3.01. The second kappa shape index (κ2) is 10.1. The molecule has 3 aromatic carbocycles. The van der Waals surface area contributed by atoms with E-state index < -0.39 is 11.8 Å². The fraction of sp³-hybridized carbons (Fsp3) is 0.120. The van der Waals surface area contributed by atoms with Gasteiger partial charge in [0, 0.05) is 0 Å². The first kappa shape index (κ1) is 21.6. The van der Waals surface area contributed by atoms with Gasteiger partial charge in [0.05, 0.1) is 25.6 Å². The summed E-state index contributed by atoms with van der Waals surface area (Å²) in [6.45, 7) is 1.92. The molecular weight excluding hydrogens is 392 g/mol. The van der Waals surface area contributed by atoms with E-state index >= 15 is 0 Å². The Labute approximate surface area is 181 Å². The predicted octanol–water partition coefficient (Wildman–Crippen LogP) is 4.67. The van der Waals surface area contributed by atoms with Crippen molar-refractivity contribution < 1.29 is 19.1 Å². The lowest BCUT2D eigenvalue weighted by atomic mass is 10.0. The van der Waals surface area contributed by atoms with Gasteiger partial charge in [0.2, 0.25) is 0 Å². The lowest BCUT2D eigenvalue weighted by Gasteiger charge is -2.14. The fourth-order valence-corrected chi connectivity index (χ4v) is 3.01. The summed E-state index contributed by atoms with van der Waals surface area (Å²) in [5.74, 6) is -0.118. The van der Waals surface area contributed by atoms with Gasteiger partial charge < -0.3 is 20.1 Å². The Hall–Kier alpha value is -4.06. The maximum absolute atomic E-state index is 13.2. The van der Waals surface area contributed by atoms with Crippen LogP contribution in [0.1, 0.15) is 11.1 Å². The molecule has 2 N–H and O–H groups in total. The van der Waals surface area contributed by atoms with E-state index in [1.54, 1.807) is 54.6 Å². The van der Waals surface area contributed by atoms with Crippen molar-refractivity contribution in [2.24, 2.45) is 0 Å². The number of carbonyl (C=O) groups is 2. The van der Waals surface area contributed by atoms with Crippen molar-refractivity contribution in [2.45, 2.75) is 6.92 Å². The molecule has 0 aromatic heterocycles. The van der Waals surface area contributed by atoms with Gasteiger partial charge in [0.15, 0.2) is 0 Å². The van der Waals surface area contributed by atoms with E-state index in [1.807, 2.05) is 31.2 Å². The molecule has 6 nitrogen and oxygen atoms in total. The molecule has 0 radical (unpaired) electrons. The highest BCUT2D eigenvalue weighted by Gasteiger charge is 2.21. The van der Waals surface area contributed by atoms with E-state index in [1.165, 1.54) is 14.2 Å². The summed E-state index contributed by atoms with van der Waals surface area (Å²) < 4.78 is 10.6. The third kappa shape index (κ3) is 5.30. The van der Waals surface area contributed by atoms with Crippen LogP contribution in [0.3, 0.4) is 0 Å². The largest absolute Gasteiger partial charge is 0.495 e. The Morgan fingerprint density at radius 2 is 1.16 bits per heavy atom. The highest BCUT2D eigenvalue weighted by atomic mass is 16.5. The highest BCUT2D eigenvalue weighted by Crippen LogP contribution is 2.26. The number of methoxy groups -OCH3 is 2. The zero-order chi connectivity index (χ0) is 22.2. The number of hydrogen-bond acceptors (Lipinski definition) is 4. The summed E-state index contributed by atoms with van der Waals surface area (Å²) >= 11 is 0. The summed E-state index contributed by atoms with van der Waals surface area (Å²) in [7, 11) is 3.03. The minimum atomic E-state index is -0.555. The third-order valence-corrected chi connectivity index (χ3v) is 4.69. The summed E-state index contributed by atoms with van der Waals surface area (Å²) in [6.07, 6.45) is 1.57. The number of nitrogens with one attached hydrogen (secondary N) is 2. The second-order valence-electron chi connectivity index (χ2n) is 6.72. The van der Waals surface area contributed by atoms with Crippen molar-refractivity contribution in [3.8, 4) is 11.5 Å². The summed E-state index contributed by atoms with van der Waals surface area (Å²) in [6, 6.07) is 21.5. The number of benzene rings is 3. The number of para-hydroxylation sites is 4. The van der Waals surface area contributed by atoms with Gasteiger partial charge in [-0.3, -0.25) is 9.59 Å². The monoisotopic (exact) mass is 416 g/mol. The van der Waals surface area contributed by atoms with Gasteiger partial charge in [-0.25, -0.2) is 0 Å². The van der Waals surface area contributed by atoms with Crippen LogP contribution in [0.15, 0.2) is 78.4 Å². The molecule has 0 saturated carbocycles. The molecule has 6 heteroatoms. The highest BCUT2D eigenvalue weighted by molar-refractivity contribution is 6.29. The summed E-state index contributed by atoms with van der Waals surface area (Å²) in [5, 5.41) is 5.54. The number of rotatable bonds is 7. The van der Waals surface area contributed by atoms with Crippen LogP contribution >= 0.6 is 0 Å². The molecule has 0 aliphatic heterocycles. The summed E-state index contributed by atoms with van der Waals surface area (Å²) in [5.41, 5.74) is 2.59. The molecule has 0 aliphatic rings. The Morgan fingerprint density at radius 3 is 1.65 bits per heavy atom. The minimum absolute atomic E-state index is 0.0499. The topological polar surface area (TPSA) is 76.7 Å². The second-order valence-corrected chi connectivity index (χ2v) is 6.72. The number of carbonyl (C=O) groups excluding carboxylic acids is 2. The normalized spacial score (nSPS) is 10.0. The molecule has 158 valence electrons. The molecule has 0 atom stereocenters. The SMILES string of the molecule is COc1ccccc1NC(=O)C(=Cc1ccccc1C)C(=O)Nc1ccccc1OC. The first-order chi connectivity index (χ1) is 15.0. The quantitative estimate of drug-likeness (QED) is 0.333. The van der Waals surface area contributed by atoms with Gasteiger partial charge >= 0.3 is 0 Å². The maximum atomic E-state index is 13.2. The standard InChI is InChI=1S/C25H24N2O4/c1-17-10-4-5-11-18(17)16-19(24(28)26-20-12-6-8-14-22(20)30-2)25(29)27-21-13-7-9-15-23(21)31-3/h4-16H,1-3H3,(H,26,28)(H,27,29). The first-order valence-corrected chi connectivity index (χ1v) is 9.69. The van der Waals surface area contributed by atoms with E-state index in [2.05, 4.69) is 10.6 Å². The molecule has 0 heterocycles. The molecule has 0 bridgehead atoms. The van der Waals surface area contributed by atoms with Crippen molar-refractivity contribution in [1.82, 2.24) is 0 Å². The van der Waals surface area contributed by atoms with Crippen LogP contribution in [-0.2, 0) is 9.59 Å². The smallest absolute Gasteiger partial charge is 0.261 e. The Balaban J connectivity index is 1.97. The average Bonchev–Trinajstić information content (AvgIpc) is 2.79. The molecule has 0 fully saturated rings. The lowest BCUT2D eigenvalue weighted by Crippen LogP contribution is -2.25. The van der Waals surface area contributed by atoms with Crippen molar-refractivity contribution in [2.75, 3.05) is 24.9 Å². The third-order valence-electron chi connectivity index (χ3n) is 4.69. The predicted molar refractivity (Wildman–Crippen MR) is 122 cm³/mol. The molecule has 0 saturated heterocycles. The minimum Gasteiger partial charge on any atom is -0.495 e. The zero-order valence-electron chi connectivity index (χ0n) is 17.6. The van der Waals surface area contributed by atoms with Crippen LogP contribution < -0.4 is 20.1 Å². The zero-order valence-corrected chi connectivity index (χ0v) is 17.6. The molecule has 2 amide bonds. The van der Waals surface area contributed by atoms with Crippen molar-refractivity contribution in [3.05, 3.63) is 89.5 Å². The van der Waals surface area contributed by atoms with E-state index in [0.717, 1.165) is 11.1 Å². The molecule has 0 aliphatic carbocycles. The average molecular weight is 416 g/mol. The van der Waals surface area contributed by atoms with Crippen LogP contribution in [0.4, 0.5) is 11.4 Å². The van der Waals surface area contributed by atoms with Gasteiger partial charge in [-0.1, -0.05) is 48.5 Å². The van der Waals surface area contributed by atoms with Crippen molar-refractivity contribution in [1.29, 1.82) is 0 Å². The van der Waals surface area contributed by atoms with Crippen molar-refractivity contribution >= 4 is 29.3 Å². The molecule has 0 unspecified atom stereocenters. The van der Waals surface area contributed by atoms with E-state index in [0.29, 0.717) is 22.9 Å². The van der Waals surface area contributed by atoms with Crippen LogP contribution in [0.5, 0.6) is 11.5 Å². The molecule has 3 rings (SSSR count). The van der Waals surface area contributed by atoms with Gasteiger partial charge in [0.1, 0.15) is 17.1 Å². The van der Waals surface area contributed by atoms with Gasteiger partial charge in [-0.15, -0.1) is 0 Å². The number of anilines is 2. The van der Waals surface area contributed by atoms with Gasteiger partial charge in [-0.2, -0.15) is 0 Å². The Kier molecular flexibility index (Phi) is 7.06. The number of hydrogen-bond donors (Lipinski definition) is 2. The number of aryl methyl sites for hydroxylation is 1. The van der Waals surface area contributed by atoms with Gasteiger partial charge in [-0.05, 0) is 48.4 Å². The van der Waals surface area contributed by atoms with Gasteiger partial charge in [0.25, 0.3) is 11.8 Å². The number of ether oxygens (including phenoxy) is 2. The Morgan fingerprint density at radius 1 is 0.710 bits per heavy atom. The lowest BCUT2D eigenvalue weighted by molar-refractivity contribution is -0.118.